The zero-order valence-corrected chi connectivity index (χ0v) is 7.21. The zero-order chi connectivity index (χ0) is 5.41. The third kappa shape index (κ3) is 35.2. The summed E-state index contributed by atoms with van der Waals surface area (Å²) in [4.78, 5) is 0. The second kappa shape index (κ2) is 15.7. The Morgan fingerprint density at radius 3 is 1.17 bits per heavy atom. The van der Waals surface area contributed by atoms with E-state index in [0.29, 0.717) is 25.5 Å². The molecule has 0 saturated carbocycles. The van der Waals surface area contributed by atoms with Gasteiger partial charge in [0.1, 0.15) is 0 Å². The van der Waals surface area contributed by atoms with Gasteiger partial charge in [0.2, 0.25) is 0 Å². The van der Waals surface area contributed by atoms with E-state index in [4.69, 9.17) is 40.7 Å². The number of rotatable bonds is 0. The number of halogens is 4. The molecule has 6 heavy (non-hydrogen) atoms. The van der Waals surface area contributed by atoms with Gasteiger partial charge in [0.05, 0.1) is 0 Å². The Morgan fingerprint density at radius 2 is 1.17 bits per heavy atom. The van der Waals surface area contributed by atoms with E-state index in [1.54, 1.807) is 0 Å². The van der Waals surface area contributed by atoms with Crippen molar-refractivity contribution in [3.8, 4) is 0 Å². The summed E-state index contributed by atoms with van der Waals surface area (Å²) in [5.74, 6) is 0. The van der Waals surface area contributed by atoms with E-state index in [1.165, 1.54) is 0 Å². The first-order valence-electron chi connectivity index (χ1n) is 0.491. The molecule has 0 unspecified atom stereocenters. The summed E-state index contributed by atoms with van der Waals surface area (Å²) in [6, 6.07) is 0. The molecule has 0 aromatic heterocycles. The van der Waals surface area contributed by atoms with E-state index in [9.17, 15) is 0 Å². The van der Waals surface area contributed by atoms with Crippen LogP contribution in [0.4, 0.5) is 0 Å². The van der Waals surface area contributed by atoms with E-state index < -0.39 is 0 Å². The molecule has 0 aromatic carbocycles. The average molecular weight is 259 g/mol. The van der Waals surface area contributed by atoms with Crippen LogP contribution in [0.5, 0.6) is 0 Å². The van der Waals surface area contributed by atoms with E-state index in [2.05, 4.69) is 0 Å². The standard InChI is InChI=1S/4ClH.Co.Ni/h4*1H;;/q;;;;2*+2/p-4. The van der Waals surface area contributed by atoms with Crippen LogP contribution in [0, 0.1) is 0 Å². The van der Waals surface area contributed by atoms with Crippen molar-refractivity contribution < 1.29 is 25.5 Å². The Labute approximate surface area is 65.7 Å². The molecule has 47 valence electrons. The molecule has 0 nitrogen and oxygen atoms in total. The molecule has 6 heteroatoms. The molecular formula is Cl4CoNi. The van der Waals surface area contributed by atoms with Crippen molar-refractivity contribution in [1.29, 1.82) is 0 Å². The predicted octanol–water partition coefficient (Wildman–Crippen LogP) is 2.75. The Balaban J connectivity index is 0. The first-order valence-corrected chi connectivity index (χ1v) is 6.07. The van der Waals surface area contributed by atoms with E-state index in [0.717, 1.165) is 0 Å². The summed E-state index contributed by atoms with van der Waals surface area (Å²) < 4.78 is 0. The van der Waals surface area contributed by atoms with Crippen LogP contribution in [0.15, 0.2) is 0 Å². The Kier molecular flexibility index (Phi) is 28.8. The fourth-order valence-electron chi connectivity index (χ4n) is 0. The van der Waals surface area contributed by atoms with Crippen molar-refractivity contribution in [3.63, 3.8) is 0 Å². The zero-order valence-electron chi connectivity index (χ0n) is 2.16. The maximum absolute atomic E-state index is 4.73. The molecule has 0 aliphatic heterocycles. The third-order valence-corrected chi connectivity index (χ3v) is 0. The van der Waals surface area contributed by atoms with Gasteiger partial charge in [-0.3, -0.25) is 0 Å². The van der Waals surface area contributed by atoms with Crippen LogP contribution in [0.2, 0.25) is 0 Å². The molecule has 0 aliphatic rings. The van der Waals surface area contributed by atoms with Gasteiger partial charge in [0, 0.05) is 0 Å². The molecule has 0 fully saturated rings. The molecule has 0 N–H and O–H groups in total. The molecule has 0 rings (SSSR count). The van der Waals surface area contributed by atoms with Crippen LogP contribution in [-0.2, 0) is 25.5 Å². The van der Waals surface area contributed by atoms with E-state index in [-0.39, 0.29) is 0 Å². The van der Waals surface area contributed by atoms with Crippen LogP contribution in [0.25, 0.3) is 0 Å². The average Bonchev–Trinajstić information content (AvgIpc) is 1.39. The molecule has 0 aliphatic carbocycles. The van der Waals surface area contributed by atoms with Crippen molar-refractivity contribution in [2.75, 3.05) is 0 Å². The molecular weight excluding hydrogens is 259 g/mol. The van der Waals surface area contributed by atoms with Crippen LogP contribution >= 0.6 is 40.7 Å². The van der Waals surface area contributed by atoms with Crippen LogP contribution in [0.3, 0.4) is 0 Å². The minimum absolute atomic E-state index is 0.382. The fraction of sp³-hybridized carbons (Fsp3) is 0. The maximum atomic E-state index is 4.73. The van der Waals surface area contributed by atoms with Gasteiger partial charge < -0.3 is 0 Å². The molecule has 0 atom stereocenters. The minimum atomic E-state index is 0.382. The van der Waals surface area contributed by atoms with E-state index >= 15 is 0 Å². The predicted molar refractivity (Wildman–Crippen MR) is 23.4 cm³/mol. The second-order valence-electron chi connectivity index (χ2n) is 0.0928. The van der Waals surface area contributed by atoms with Gasteiger partial charge in [-0.2, -0.15) is 0 Å². The van der Waals surface area contributed by atoms with Crippen molar-refractivity contribution in [2.24, 2.45) is 0 Å². The Morgan fingerprint density at radius 1 is 1.17 bits per heavy atom. The Hall–Kier alpha value is 2.16. The van der Waals surface area contributed by atoms with E-state index in [1.807, 2.05) is 0 Å². The van der Waals surface area contributed by atoms with Gasteiger partial charge >= 0.3 is 66.2 Å². The van der Waals surface area contributed by atoms with Gasteiger partial charge in [0.25, 0.3) is 0 Å². The van der Waals surface area contributed by atoms with Crippen molar-refractivity contribution in [3.05, 3.63) is 0 Å². The molecule has 0 spiro atoms. The number of hydrogen-bond donors (Lipinski definition) is 0. The van der Waals surface area contributed by atoms with Gasteiger partial charge in [-0.1, -0.05) is 0 Å². The van der Waals surface area contributed by atoms with Crippen LogP contribution < -0.4 is 0 Å². The first-order chi connectivity index (χ1) is 2.83. The van der Waals surface area contributed by atoms with Crippen LogP contribution in [-0.4, -0.2) is 0 Å². The summed E-state index contributed by atoms with van der Waals surface area (Å²) in [5, 5.41) is 0. The SMILES string of the molecule is [Cl][Co][Cl].[Cl][Ni][Cl]. The topological polar surface area (TPSA) is 0 Å². The van der Waals surface area contributed by atoms with Gasteiger partial charge in [-0.15, -0.1) is 0 Å². The van der Waals surface area contributed by atoms with Crippen molar-refractivity contribution in [1.82, 2.24) is 0 Å². The monoisotopic (exact) mass is 257 g/mol. The fourth-order valence-corrected chi connectivity index (χ4v) is 0. The quantitative estimate of drug-likeness (QED) is 0.587. The normalized spacial score (nSPS) is 7.33. The molecule has 0 aromatic rings. The number of hydrogen-bond acceptors (Lipinski definition) is 0. The van der Waals surface area contributed by atoms with Gasteiger partial charge in [-0.05, 0) is 0 Å². The molecule has 0 heterocycles. The summed E-state index contributed by atoms with van der Waals surface area (Å²) in [5.41, 5.74) is 0. The summed E-state index contributed by atoms with van der Waals surface area (Å²) >= 11 is 0.951. The molecule has 0 saturated heterocycles. The Bertz CT molecular complexity index is 9.51. The third-order valence-electron chi connectivity index (χ3n) is 0. The summed E-state index contributed by atoms with van der Waals surface area (Å²) in [7, 11) is 18.9. The first kappa shape index (κ1) is 11.0. The summed E-state index contributed by atoms with van der Waals surface area (Å²) in [6.07, 6.45) is 0. The van der Waals surface area contributed by atoms with Crippen LogP contribution in [0.1, 0.15) is 0 Å². The molecule has 0 radical (unpaired) electrons. The van der Waals surface area contributed by atoms with Crippen molar-refractivity contribution in [2.45, 2.75) is 0 Å². The van der Waals surface area contributed by atoms with Gasteiger partial charge in [0.15, 0.2) is 0 Å². The van der Waals surface area contributed by atoms with Crippen molar-refractivity contribution >= 4 is 40.7 Å². The molecule has 0 amide bonds. The summed E-state index contributed by atoms with van der Waals surface area (Å²) in [6.45, 7) is 0. The molecule has 0 bridgehead atoms. The van der Waals surface area contributed by atoms with Gasteiger partial charge in [-0.25, -0.2) is 0 Å². The second-order valence-corrected chi connectivity index (χ2v) is 3.44.